The molecule has 1 aromatic heterocycles. The predicted octanol–water partition coefficient (Wildman–Crippen LogP) is 4.07. The maximum Gasteiger partial charge on any atom is 0.198 e. The van der Waals surface area contributed by atoms with Crippen molar-refractivity contribution in [2.24, 2.45) is 0 Å². The fourth-order valence-corrected chi connectivity index (χ4v) is 1.73. The molecule has 1 aromatic carbocycles. The Morgan fingerprint density at radius 3 is 2.93 bits per heavy atom. The predicted molar refractivity (Wildman–Crippen MR) is 60.5 cm³/mol. The number of furan rings is 1. The van der Waals surface area contributed by atoms with Crippen LogP contribution in [-0.2, 0) is 0 Å². The van der Waals surface area contributed by atoms with Crippen molar-refractivity contribution in [3.05, 3.63) is 35.0 Å². The lowest BCUT2D eigenvalue weighted by molar-refractivity contribution is 0.0957. The van der Waals surface area contributed by atoms with Crippen LogP contribution in [0, 0.1) is 0 Å². The normalized spacial score (nSPS) is 10.8. The van der Waals surface area contributed by atoms with Crippen LogP contribution in [0.5, 0.6) is 0 Å². The number of Topliss-reactive ketones (excluding diaryl/α,β-unsaturated/α-hetero) is 1. The topological polar surface area (TPSA) is 30.2 Å². The molecule has 0 fully saturated rings. The average molecular weight is 223 g/mol. The van der Waals surface area contributed by atoms with Gasteiger partial charge in [0.25, 0.3) is 0 Å². The summed E-state index contributed by atoms with van der Waals surface area (Å²) in [6.07, 6.45) is 1.33. The smallest absolute Gasteiger partial charge is 0.198 e. The maximum absolute atomic E-state index is 11.6. The van der Waals surface area contributed by atoms with Crippen LogP contribution >= 0.6 is 11.6 Å². The zero-order chi connectivity index (χ0) is 10.8. The van der Waals surface area contributed by atoms with Gasteiger partial charge in [-0.25, -0.2) is 0 Å². The summed E-state index contributed by atoms with van der Waals surface area (Å²) in [5.41, 5.74) is 0.668. The summed E-state index contributed by atoms with van der Waals surface area (Å²) < 4.78 is 5.43. The number of rotatable bonds is 3. The molecule has 0 amide bonds. The van der Waals surface area contributed by atoms with Crippen LogP contribution in [0.3, 0.4) is 0 Å². The van der Waals surface area contributed by atoms with Gasteiger partial charge in [0, 0.05) is 11.8 Å². The molecule has 1 heterocycles. The monoisotopic (exact) mass is 222 g/mol. The molecular weight excluding hydrogens is 212 g/mol. The minimum absolute atomic E-state index is 0.0322. The Morgan fingerprint density at radius 1 is 1.47 bits per heavy atom. The highest BCUT2D eigenvalue weighted by Crippen LogP contribution is 2.27. The van der Waals surface area contributed by atoms with Crippen LogP contribution in [0.15, 0.2) is 28.7 Å². The molecule has 0 unspecified atom stereocenters. The lowest BCUT2D eigenvalue weighted by Gasteiger charge is -1.91. The van der Waals surface area contributed by atoms with E-state index in [9.17, 15) is 4.79 Å². The molecule has 78 valence electrons. The van der Waals surface area contributed by atoms with Gasteiger partial charge in [-0.05, 0) is 24.6 Å². The Bertz CT molecular complexity index is 499. The first kappa shape index (κ1) is 10.2. The summed E-state index contributed by atoms with van der Waals surface area (Å²) in [5.74, 6) is 0.435. The number of hydrogen-bond acceptors (Lipinski definition) is 2. The number of halogens is 1. The number of ketones is 1. The van der Waals surface area contributed by atoms with Crippen LogP contribution in [0.1, 0.15) is 30.3 Å². The highest BCUT2D eigenvalue weighted by atomic mass is 35.5. The molecule has 0 atom stereocenters. The largest absolute Gasteiger partial charge is 0.453 e. The van der Waals surface area contributed by atoms with E-state index in [0.717, 1.165) is 11.8 Å². The van der Waals surface area contributed by atoms with E-state index in [-0.39, 0.29) is 5.78 Å². The third kappa shape index (κ3) is 1.90. The van der Waals surface area contributed by atoms with E-state index in [1.165, 1.54) is 0 Å². The Balaban J connectivity index is 2.47. The molecule has 2 nitrogen and oxygen atoms in total. The summed E-state index contributed by atoms with van der Waals surface area (Å²) in [5, 5.41) is 1.42. The summed E-state index contributed by atoms with van der Waals surface area (Å²) >= 11 is 5.98. The Morgan fingerprint density at radius 2 is 2.27 bits per heavy atom. The molecule has 0 spiro atoms. The highest BCUT2D eigenvalue weighted by molar-refractivity contribution is 6.35. The van der Waals surface area contributed by atoms with Crippen molar-refractivity contribution in [1.29, 1.82) is 0 Å². The summed E-state index contributed by atoms with van der Waals surface area (Å²) in [4.78, 5) is 11.6. The van der Waals surface area contributed by atoms with Crippen LogP contribution < -0.4 is 0 Å². The van der Waals surface area contributed by atoms with Crippen molar-refractivity contribution in [2.75, 3.05) is 0 Å². The second kappa shape index (κ2) is 4.07. The van der Waals surface area contributed by atoms with Crippen molar-refractivity contribution < 1.29 is 9.21 Å². The molecule has 3 heteroatoms. The number of hydrogen-bond donors (Lipinski definition) is 0. The SMILES string of the molecule is CCCC(=O)c1cc2c(Cl)cccc2o1. The van der Waals surface area contributed by atoms with E-state index in [4.69, 9.17) is 16.0 Å². The fraction of sp³-hybridized carbons (Fsp3) is 0.250. The number of benzene rings is 1. The minimum atomic E-state index is 0.0322. The van der Waals surface area contributed by atoms with Crippen molar-refractivity contribution in [3.8, 4) is 0 Å². The first-order valence-electron chi connectivity index (χ1n) is 4.93. The van der Waals surface area contributed by atoms with Crippen molar-refractivity contribution in [1.82, 2.24) is 0 Å². The number of carbonyl (C=O) groups is 1. The van der Waals surface area contributed by atoms with E-state index in [1.807, 2.05) is 19.1 Å². The van der Waals surface area contributed by atoms with Gasteiger partial charge in [0.05, 0.1) is 5.02 Å². The second-order valence-corrected chi connectivity index (χ2v) is 3.84. The Labute approximate surface area is 92.8 Å². The standard InChI is InChI=1S/C12H11ClO2/c1-2-4-10(14)12-7-8-9(13)5-3-6-11(8)15-12/h3,5-7H,2,4H2,1H3. The quantitative estimate of drug-likeness (QED) is 0.733. The molecular formula is C12H11ClO2. The number of carbonyl (C=O) groups excluding carboxylic acids is 1. The summed E-state index contributed by atoms with van der Waals surface area (Å²) in [6.45, 7) is 1.97. The molecule has 2 aromatic rings. The molecule has 15 heavy (non-hydrogen) atoms. The third-order valence-corrected chi connectivity index (χ3v) is 2.59. The Hall–Kier alpha value is -1.28. The fourth-order valence-electron chi connectivity index (χ4n) is 1.51. The van der Waals surface area contributed by atoms with E-state index in [0.29, 0.717) is 22.8 Å². The van der Waals surface area contributed by atoms with Crippen LogP contribution in [0.2, 0.25) is 5.02 Å². The lowest BCUT2D eigenvalue weighted by atomic mass is 10.2. The van der Waals surface area contributed by atoms with Crippen LogP contribution in [-0.4, -0.2) is 5.78 Å². The molecule has 0 aliphatic rings. The summed E-state index contributed by atoms with van der Waals surface area (Å²) in [6, 6.07) is 7.12. The van der Waals surface area contributed by atoms with Gasteiger partial charge in [-0.15, -0.1) is 0 Å². The van der Waals surface area contributed by atoms with Crippen molar-refractivity contribution >= 4 is 28.4 Å². The molecule has 0 aliphatic heterocycles. The van der Waals surface area contributed by atoms with Gasteiger partial charge >= 0.3 is 0 Å². The molecule has 0 N–H and O–H groups in total. The maximum atomic E-state index is 11.6. The van der Waals surface area contributed by atoms with Gasteiger partial charge in [-0.2, -0.15) is 0 Å². The van der Waals surface area contributed by atoms with E-state index in [1.54, 1.807) is 12.1 Å². The van der Waals surface area contributed by atoms with Crippen molar-refractivity contribution in [3.63, 3.8) is 0 Å². The number of fused-ring (bicyclic) bond motifs is 1. The molecule has 0 radical (unpaired) electrons. The van der Waals surface area contributed by atoms with Crippen LogP contribution in [0.4, 0.5) is 0 Å². The molecule has 0 saturated heterocycles. The zero-order valence-corrected chi connectivity index (χ0v) is 9.17. The van der Waals surface area contributed by atoms with Gasteiger partial charge in [0.2, 0.25) is 0 Å². The van der Waals surface area contributed by atoms with Gasteiger partial charge in [0.15, 0.2) is 11.5 Å². The molecule has 0 aliphatic carbocycles. The first-order chi connectivity index (χ1) is 7.22. The third-order valence-electron chi connectivity index (χ3n) is 2.26. The van der Waals surface area contributed by atoms with Crippen LogP contribution in [0.25, 0.3) is 11.0 Å². The highest BCUT2D eigenvalue weighted by Gasteiger charge is 2.12. The van der Waals surface area contributed by atoms with Gasteiger partial charge in [0.1, 0.15) is 5.58 Å². The average Bonchev–Trinajstić information content (AvgIpc) is 2.63. The van der Waals surface area contributed by atoms with Gasteiger partial charge in [-0.1, -0.05) is 24.6 Å². The molecule has 0 bridgehead atoms. The van der Waals surface area contributed by atoms with Crippen molar-refractivity contribution in [2.45, 2.75) is 19.8 Å². The molecule has 0 saturated carbocycles. The van der Waals surface area contributed by atoms with Gasteiger partial charge in [-0.3, -0.25) is 4.79 Å². The van der Waals surface area contributed by atoms with E-state index < -0.39 is 0 Å². The molecule has 2 rings (SSSR count). The lowest BCUT2D eigenvalue weighted by Crippen LogP contribution is -1.94. The van der Waals surface area contributed by atoms with E-state index in [2.05, 4.69) is 0 Å². The summed E-state index contributed by atoms with van der Waals surface area (Å²) in [7, 11) is 0. The first-order valence-corrected chi connectivity index (χ1v) is 5.31. The Kier molecular flexibility index (Phi) is 2.78. The van der Waals surface area contributed by atoms with Gasteiger partial charge < -0.3 is 4.42 Å². The van der Waals surface area contributed by atoms with E-state index >= 15 is 0 Å². The minimum Gasteiger partial charge on any atom is -0.453 e. The second-order valence-electron chi connectivity index (χ2n) is 3.44. The zero-order valence-electron chi connectivity index (χ0n) is 8.42.